The smallest absolute Gasteiger partial charge is 0.261 e. The maximum atomic E-state index is 13.1. The summed E-state index contributed by atoms with van der Waals surface area (Å²) in [6.45, 7) is 10.3. The van der Waals surface area contributed by atoms with Crippen molar-refractivity contribution in [2.45, 2.75) is 57.9 Å². The number of Topliss-reactive ketones (excluding diaryl/α,β-unsaturated/α-hetero) is 1. The van der Waals surface area contributed by atoms with Gasteiger partial charge < -0.3 is 4.98 Å². The number of thiophene rings is 1. The first-order chi connectivity index (χ1) is 13.1. The van der Waals surface area contributed by atoms with Crippen LogP contribution in [0.4, 0.5) is 0 Å². The molecular formula is C21H23N3O2S2. The van der Waals surface area contributed by atoms with E-state index >= 15 is 0 Å². The van der Waals surface area contributed by atoms with Crippen molar-refractivity contribution in [2.24, 2.45) is 5.41 Å². The van der Waals surface area contributed by atoms with Crippen molar-refractivity contribution >= 4 is 39.9 Å². The molecule has 3 aromatic heterocycles. The van der Waals surface area contributed by atoms with Crippen LogP contribution in [-0.2, 0) is 6.42 Å². The van der Waals surface area contributed by atoms with Crippen LogP contribution in [0.5, 0.6) is 0 Å². The van der Waals surface area contributed by atoms with Gasteiger partial charge in [-0.2, -0.15) is 0 Å². The summed E-state index contributed by atoms with van der Waals surface area (Å²) in [5.74, 6) is 0.0572. The van der Waals surface area contributed by atoms with Gasteiger partial charge in [-0.3, -0.25) is 9.59 Å². The summed E-state index contributed by atoms with van der Waals surface area (Å²) < 4.78 is 0. The van der Waals surface area contributed by atoms with Crippen LogP contribution in [0.25, 0.3) is 21.5 Å². The van der Waals surface area contributed by atoms with E-state index in [-0.39, 0.29) is 22.0 Å². The summed E-state index contributed by atoms with van der Waals surface area (Å²) in [6, 6.07) is 4.00. The molecule has 0 aliphatic heterocycles. The molecule has 28 heavy (non-hydrogen) atoms. The van der Waals surface area contributed by atoms with E-state index in [0.29, 0.717) is 40.2 Å². The third kappa shape index (κ3) is 3.42. The molecule has 0 amide bonds. The molecule has 5 nitrogen and oxygen atoms in total. The maximum absolute atomic E-state index is 13.1. The lowest BCUT2D eigenvalue weighted by Gasteiger charge is -2.30. The van der Waals surface area contributed by atoms with Crippen molar-refractivity contribution in [3.05, 3.63) is 38.6 Å². The maximum Gasteiger partial charge on any atom is 0.261 e. The zero-order chi connectivity index (χ0) is 20.2. The predicted molar refractivity (Wildman–Crippen MR) is 116 cm³/mol. The van der Waals surface area contributed by atoms with E-state index in [4.69, 9.17) is 4.98 Å². The molecule has 3 heterocycles. The van der Waals surface area contributed by atoms with Gasteiger partial charge in [0.25, 0.3) is 5.56 Å². The number of nitrogens with one attached hydrogen (secondary N) is 1. The molecule has 146 valence electrons. The molecule has 0 fully saturated rings. The van der Waals surface area contributed by atoms with Gasteiger partial charge in [-0.15, -0.1) is 11.3 Å². The van der Waals surface area contributed by atoms with E-state index < -0.39 is 0 Å². The SMILES string of the molecule is Cc1ccc(-c2c3c(nc4nc(SC(C)C)[nH]c(=O)c24)CC(C)(C)CC3=O)s1. The number of thioether (sulfide) groups is 1. The van der Waals surface area contributed by atoms with Crippen molar-refractivity contribution < 1.29 is 4.79 Å². The standard InChI is InChI=1S/C21H23N3O2S2/c1-10(2)27-20-23-18-17(19(26)24-20)16(14-7-6-11(3)28-14)15-12(22-18)8-21(4,5)9-13(15)25/h6-7,10H,8-9H2,1-5H3,(H,22,23,24,26). The van der Waals surface area contributed by atoms with E-state index in [1.165, 1.54) is 11.8 Å². The molecule has 1 N–H and O–H groups in total. The number of hydrogen-bond acceptors (Lipinski definition) is 6. The van der Waals surface area contributed by atoms with Gasteiger partial charge in [0.05, 0.1) is 11.1 Å². The van der Waals surface area contributed by atoms with Crippen LogP contribution in [0, 0.1) is 12.3 Å². The third-order valence-electron chi connectivity index (χ3n) is 4.81. The highest BCUT2D eigenvalue weighted by Gasteiger charge is 2.36. The van der Waals surface area contributed by atoms with Crippen molar-refractivity contribution in [3.8, 4) is 10.4 Å². The molecule has 0 spiro atoms. The number of hydrogen-bond donors (Lipinski definition) is 1. The molecule has 1 aliphatic rings. The Morgan fingerprint density at radius 2 is 1.89 bits per heavy atom. The number of carbonyl (C=O) groups is 1. The Balaban J connectivity index is 2.09. The molecule has 1 aliphatic carbocycles. The minimum atomic E-state index is -0.234. The van der Waals surface area contributed by atoms with E-state index in [0.717, 1.165) is 15.4 Å². The first-order valence-corrected chi connectivity index (χ1v) is 11.1. The number of ketones is 1. The van der Waals surface area contributed by atoms with Crippen LogP contribution in [0.1, 0.15) is 55.0 Å². The van der Waals surface area contributed by atoms with Gasteiger partial charge in [-0.05, 0) is 30.9 Å². The van der Waals surface area contributed by atoms with E-state index in [1.54, 1.807) is 11.3 Å². The number of aromatic amines is 1. The summed E-state index contributed by atoms with van der Waals surface area (Å²) >= 11 is 3.09. The largest absolute Gasteiger partial charge is 0.301 e. The van der Waals surface area contributed by atoms with Crippen LogP contribution in [0.3, 0.4) is 0 Å². The minimum absolute atomic E-state index is 0.0572. The molecule has 0 radical (unpaired) electrons. The monoisotopic (exact) mass is 413 g/mol. The Labute approximate surface area is 172 Å². The highest BCUT2D eigenvalue weighted by atomic mass is 32.2. The molecule has 0 unspecified atom stereocenters. The lowest BCUT2D eigenvalue weighted by molar-refractivity contribution is 0.0911. The van der Waals surface area contributed by atoms with E-state index in [9.17, 15) is 9.59 Å². The average molecular weight is 414 g/mol. The highest BCUT2D eigenvalue weighted by Crippen LogP contribution is 2.42. The summed E-state index contributed by atoms with van der Waals surface area (Å²) in [5, 5.41) is 1.27. The van der Waals surface area contributed by atoms with E-state index in [1.807, 2.05) is 19.1 Å². The molecule has 0 saturated carbocycles. The Kier molecular flexibility index (Phi) is 4.70. The molecule has 0 atom stereocenters. The zero-order valence-corrected chi connectivity index (χ0v) is 18.3. The summed E-state index contributed by atoms with van der Waals surface area (Å²) in [7, 11) is 0. The van der Waals surface area contributed by atoms with Crippen molar-refractivity contribution in [1.29, 1.82) is 0 Å². The normalized spacial score (nSPS) is 16.0. The highest BCUT2D eigenvalue weighted by molar-refractivity contribution is 7.99. The molecule has 0 saturated heterocycles. The zero-order valence-electron chi connectivity index (χ0n) is 16.7. The molecule has 0 aromatic carbocycles. The topological polar surface area (TPSA) is 75.7 Å². The number of H-pyrrole nitrogens is 1. The van der Waals surface area contributed by atoms with Crippen LogP contribution < -0.4 is 5.56 Å². The van der Waals surface area contributed by atoms with Gasteiger partial charge in [0.1, 0.15) is 0 Å². The second-order valence-corrected chi connectivity index (χ2v) is 11.2. The predicted octanol–water partition coefficient (Wildman–Crippen LogP) is 5.01. The van der Waals surface area contributed by atoms with Gasteiger partial charge in [0, 0.05) is 32.6 Å². The summed E-state index contributed by atoms with van der Waals surface area (Å²) in [4.78, 5) is 40.4. The summed E-state index contributed by atoms with van der Waals surface area (Å²) in [6.07, 6.45) is 1.15. The lowest BCUT2D eigenvalue weighted by atomic mass is 9.74. The van der Waals surface area contributed by atoms with Crippen molar-refractivity contribution in [3.63, 3.8) is 0 Å². The molecule has 0 bridgehead atoms. The number of carbonyl (C=O) groups excluding carboxylic acids is 1. The fraction of sp³-hybridized carbons (Fsp3) is 0.429. The van der Waals surface area contributed by atoms with Crippen LogP contribution in [0.2, 0.25) is 0 Å². The first-order valence-electron chi connectivity index (χ1n) is 9.38. The number of rotatable bonds is 3. The van der Waals surface area contributed by atoms with Gasteiger partial charge in [-0.25, -0.2) is 9.97 Å². The fourth-order valence-electron chi connectivity index (χ4n) is 3.76. The Hall–Kier alpha value is -1.99. The number of nitrogens with zero attached hydrogens (tertiary/aromatic N) is 2. The quantitative estimate of drug-likeness (QED) is 0.482. The fourth-order valence-corrected chi connectivity index (χ4v) is 5.42. The number of pyridine rings is 1. The molecule has 7 heteroatoms. The average Bonchev–Trinajstić information content (AvgIpc) is 2.97. The molecule has 4 rings (SSSR count). The van der Waals surface area contributed by atoms with Crippen LogP contribution >= 0.6 is 23.1 Å². The van der Waals surface area contributed by atoms with Gasteiger partial charge in [0.15, 0.2) is 16.6 Å². The molecule has 3 aromatic rings. The lowest BCUT2D eigenvalue weighted by Crippen LogP contribution is -2.29. The van der Waals surface area contributed by atoms with E-state index in [2.05, 4.69) is 37.7 Å². The third-order valence-corrected chi connectivity index (χ3v) is 6.71. The van der Waals surface area contributed by atoms with Gasteiger partial charge in [-0.1, -0.05) is 39.5 Å². The van der Waals surface area contributed by atoms with Crippen molar-refractivity contribution in [1.82, 2.24) is 15.0 Å². The second kappa shape index (κ2) is 6.81. The Bertz CT molecular complexity index is 1160. The number of aryl methyl sites for hydroxylation is 1. The van der Waals surface area contributed by atoms with Crippen LogP contribution in [0.15, 0.2) is 22.1 Å². The number of fused-ring (bicyclic) bond motifs is 2. The Morgan fingerprint density at radius 1 is 1.14 bits per heavy atom. The van der Waals surface area contributed by atoms with Crippen molar-refractivity contribution in [2.75, 3.05) is 0 Å². The number of aromatic nitrogens is 3. The first kappa shape index (κ1) is 19.3. The summed E-state index contributed by atoms with van der Waals surface area (Å²) in [5.41, 5.74) is 2.11. The minimum Gasteiger partial charge on any atom is -0.301 e. The second-order valence-electron chi connectivity index (χ2n) is 8.40. The van der Waals surface area contributed by atoms with Crippen LogP contribution in [-0.4, -0.2) is 26.0 Å². The Morgan fingerprint density at radius 3 is 2.54 bits per heavy atom. The molecular weight excluding hydrogens is 390 g/mol. The van der Waals surface area contributed by atoms with Gasteiger partial charge >= 0.3 is 0 Å². The van der Waals surface area contributed by atoms with Gasteiger partial charge in [0.2, 0.25) is 0 Å².